The van der Waals surface area contributed by atoms with E-state index in [1.807, 2.05) is 0 Å². The Bertz CT molecular complexity index is 1120. The van der Waals surface area contributed by atoms with Gasteiger partial charge in [-0.3, -0.25) is 23.9 Å². The average molecular weight is 588 g/mol. The third kappa shape index (κ3) is 9.15. The molecule has 1 amide bonds. The standard InChI is InChI=1S/C18H26BrN3O10S2/c1-3-34(30,31)16-12-14(22(26)27)13(18(25)20-7-4-5-17(23)24)11-15(16)21(8-6-19)9-10-32-33(2,28)29/h11-12H,3-10H2,1-2H3,(H,20,25)(H,23,24). The molecule has 0 aliphatic carbocycles. The van der Waals surface area contributed by atoms with Gasteiger partial charge in [0.15, 0.2) is 9.84 Å². The average Bonchev–Trinajstić information content (AvgIpc) is 2.74. The first-order chi connectivity index (χ1) is 15.7. The van der Waals surface area contributed by atoms with Gasteiger partial charge in [0, 0.05) is 37.5 Å². The number of amides is 1. The minimum atomic E-state index is -3.99. The van der Waals surface area contributed by atoms with Crippen molar-refractivity contribution in [3.8, 4) is 0 Å². The van der Waals surface area contributed by atoms with E-state index in [-0.39, 0.29) is 55.4 Å². The Labute approximate surface area is 205 Å². The maximum Gasteiger partial charge on any atom is 0.303 e. The fraction of sp³-hybridized carbons (Fsp3) is 0.556. The summed E-state index contributed by atoms with van der Waals surface area (Å²) in [6.07, 6.45) is 0.719. The van der Waals surface area contributed by atoms with Crippen molar-refractivity contribution in [2.75, 3.05) is 48.5 Å². The Kier molecular flexibility index (Phi) is 11.3. The van der Waals surface area contributed by atoms with Crippen molar-refractivity contribution in [2.45, 2.75) is 24.7 Å². The van der Waals surface area contributed by atoms with E-state index in [9.17, 15) is 36.5 Å². The van der Waals surface area contributed by atoms with Crippen LogP contribution < -0.4 is 10.2 Å². The Morgan fingerprint density at radius 1 is 1.24 bits per heavy atom. The van der Waals surface area contributed by atoms with Gasteiger partial charge in [-0.2, -0.15) is 8.42 Å². The lowest BCUT2D eigenvalue weighted by Gasteiger charge is -2.26. The van der Waals surface area contributed by atoms with Crippen LogP contribution in [0.5, 0.6) is 0 Å². The number of nitro benzene ring substituents is 1. The highest BCUT2D eigenvalue weighted by molar-refractivity contribution is 9.09. The lowest BCUT2D eigenvalue weighted by atomic mass is 10.1. The Balaban J connectivity index is 3.55. The van der Waals surface area contributed by atoms with E-state index in [0.29, 0.717) is 5.33 Å². The summed E-state index contributed by atoms with van der Waals surface area (Å²) >= 11 is 3.22. The highest BCUT2D eigenvalue weighted by Gasteiger charge is 2.30. The summed E-state index contributed by atoms with van der Waals surface area (Å²) in [6.45, 7) is 1.03. The number of carbonyl (C=O) groups excluding carboxylic acids is 1. The predicted molar refractivity (Wildman–Crippen MR) is 127 cm³/mol. The zero-order valence-electron chi connectivity index (χ0n) is 18.5. The molecular weight excluding hydrogens is 562 g/mol. The predicted octanol–water partition coefficient (Wildman–Crippen LogP) is 1.16. The van der Waals surface area contributed by atoms with Crippen LogP contribution >= 0.6 is 15.9 Å². The molecule has 0 saturated carbocycles. The monoisotopic (exact) mass is 587 g/mol. The number of nitrogens with zero attached hydrogens (tertiary/aromatic N) is 2. The van der Waals surface area contributed by atoms with Crippen LogP contribution in [0.3, 0.4) is 0 Å². The van der Waals surface area contributed by atoms with Crippen molar-refractivity contribution in [1.82, 2.24) is 5.32 Å². The molecule has 16 heteroatoms. The van der Waals surface area contributed by atoms with Crippen LogP contribution in [0.2, 0.25) is 0 Å². The van der Waals surface area contributed by atoms with E-state index in [1.54, 1.807) is 0 Å². The second-order valence-corrected chi connectivity index (χ2v) is 11.6. The number of rotatable bonds is 15. The number of carbonyl (C=O) groups is 2. The normalized spacial score (nSPS) is 11.7. The number of hydrogen-bond donors (Lipinski definition) is 2. The molecule has 0 atom stereocenters. The van der Waals surface area contributed by atoms with Gasteiger partial charge in [0.05, 0.1) is 34.1 Å². The van der Waals surface area contributed by atoms with Crippen molar-refractivity contribution >= 4 is 59.1 Å². The van der Waals surface area contributed by atoms with Gasteiger partial charge in [0.1, 0.15) is 5.56 Å². The number of alkyl halides is 1. The fourth-order valence-electron chi connectivity index (χ4n) is 2.83. The molecule has 0 aliphatic rings. The summed E-state index contributed by atoms with van der Waals surface area (Å²) < 4.78 is 52.8. The van der Waals surface area contributed by atoms with Gasteiger partial charge in [-0.15, -0.1) is 0 Å². The molecule has 1 aromatic carbocycles. The second kappa shape index (κ2) is 13.0. The van der Waals surface area contributed by atoms with E-state index in [4.69, 9.17) is 9.29 Å². The summed E-state index contributed by atoms with van der Waals surface area (Å²) in [5.74, 6) is -2.33. The lowest BCUT2D eigenvalue weighted by Crippen LogP contribution is -2.32. The van der Waals surface area contributed by atoms with E-state index < -0.39 is 48.0 Å². The highest BCUT2D eigenvalue weighted by Crippen LogP contribution is 2.34. The van der Waals surface area contributed by atoms with Crippen molar-refractivity contribution in [2.24, 2.45) is 0 Å². The first-order valence-electron chi connectivity index (χ1n) is 9.94. The van der Waals surface area contributed by atoms with Crippen LogP contribution in [0.4, 0.5) is 11.4 Å². The van der Waals surface area contributed by atoms with E-state index in [1.165, 1.54) is 11.8 Å². The van der Waals surface area contributed by atoms with Crippen LogP contribution in [0.1, 0.15) is 30.1 Å². The van der Waals surface area contributed by atoms with Gasteiger partial charge >= 0.3 is 5.97 Å². The van der Waals surface area contributed by atoms with E-state index >= 15 is 0 Å². The van der Waals surface area contributed by atoms with Crippen molar-refractivity contribution < 1.29 is 40.6 Å². The second-order valence-electron chi connectivity index (χ2n) is 6.95. The van der Waals surface area contributed by atoms with Gasteiger partial charge in [0.2, 0.25) is 0 Å². The molecule has 0 aromatic heterocycles. The smallest absolute Gasteiger partial charge is 0.303 e. The summed E-state index contributed by atoms with van der Waals surface area (Å²) in [6, 6.07) is 1.87. The third-order valence-corrected chi connectivity index (χ3v) is 7.15. The van der Waals surface area contributed by atoms with E-state index in [2.05, 4.69) is 21.2 Å². The number of benzene rings is 1. The van der Waals surface area contributed by atoms with Gasteiger partial charge in [-0.1, -0.05) is 22.9 Å². The van der Waals surface area contributed by atoms with Crippen molar-refractivity contribution in [1.29, 1.82) is 0 Å². The quantitative estimate of drug-likeness (QED) is 0.0983. The third-order valence-electron chi connectivity index (χ3n) is 4.44. The molecule has 1 rings (SSSR count). The molecule has 0 unspecified atom stereocenters. The van der Waals surface area contributed by atoms with Crippen LogP contribution in [-0.4, -0.2) is 82.3 Å². The molecule has 0 bridgehead atoms. The van der Waals surface area contributed by atoms with Crippen LogP contribution in [0, 0.1) is 10.1 Å². The minimum absolute atomic E-state index is 0.0281. The Hall–Kier alpha value is -2.30. The van der Waals surface area contributed by atoms with Crippen molar-refractivity contribution in [3.05, 3.63) is 27.8 Å². The first kappa shape index (κ1) is 29.7. The molecule has 1 aromatic rings. The minimum Gasteiger partial charge on any atom is -0.481 e. The van der Waals surface area contributed by atoms with Gasteiger partial charge < -0.3 is 15.3 Å². The molecule has 34 heavy (non-hydrogen) atoms. The summed E-state index contributed by atoms with van der Waals surface area (Å²) in [4.78, 5) is 35.1. The number of hydrogen-bond acceptors (Lipinski definition) is 10. The summed E-state index contributed by atoms with van der Waals surface area (Å²) in [7, 11) is -7.76. The molecule has 2 N–H and O–H groups in total. The topological polar surface area (TPSA) is 190 Å². The van der Waals surface area contributed by atoms with Crippen molar-refractivity contribution in [3.63, 3.8) is 0 Å². The Morgan fingerprint density at radius 2 is 1.88 bits per heavy atom. The molecule has 0 fully saturated rings. The number of halogens is 1. The zero-order valence-corrected chi connectivity index (χ0v) is 21.7. The maximum atomic E-state index is 12.7. The van der Waals surface area contributed by atoms with E-state index in [0.717, 1.165) is 18.4 Å². The largest absolute Gasteiger partial charge is 0.481 e. The van der Waals surface area contributed by atoms with Crippen LogP contribution in [0.15, 0.2) is 17.0 Å². The molecule has 0 saturated heterocycles. The molecule has 192 valence electrons. The summed E-state index contributed by atoms with van der Waals surface area (Å²) in [5.41, 5.74) is -1.19. The number of nitro groups is 1. The number of anilines is 1. The number of nitrogens with one attached hydrogen (secondary N) is 1. The molecule has 0 spiro atoms. The Morgan fingerprint density at radius 3 is 2.38 bits per heavy atom. The molecule has 0 radical (unpaired) electrons. The van der Waals surface area contributed by atoms with Crippen LogP contribution in [-0.2, 0) is 28.9 Å². The van der Waals surface area contributed by atoms with Gasteiger partial charge in [-0.25, -0.2) is 8.42 Å². The van der Waals surface area contributed by atoms with Crippen LogP contribution in [0.25, 0.3) is 0 Å². The molecular formula is C18H26BrN3O10S2. The number of sulfone groups is 1. The zero-order chi connectivity index (χ0) is 26.1. The fourth-order valence-corrected chi connectivity index (χ4v) is 4.75. The molecule has 0 aliphatic heterocycles. The highest BCUT2D eigenvalue weighted by atomic mass is 79.9. The van der Waals surface area contributed by atoms with Gasteiger partial charge in [0.25, 0.3) is 21.7 Å². The number of aliphatic carboxylic acids is 1. The number of carboxylic acid groups (broad SMARTS) is 1. The summed E-state index contributed by atoms with van der Waals surface area (Å²) in [5, 5.41) is 23.1. The molecule has 13 nitrogen and oxygen atoms in total. The van der Waals surface area contributed by atoms with Gasteiger partial charge in [-0.05, 0) is 12.5 Å². The SMILES string of the molecule is CCS(=O)(=O)c1cc([N+](=O)[O-])c(C(=O)NCCCC(=O)O)cc1N(CCBr)CCOS(C)(=O)=O. The molecule has 0 heterocycles. The lowest BCUT2D eigenvalue weighted by molar-refractivity contribution is -0.385. The first-order valence-corrected chi connectivity index (χ1v) is 14.5. The number of carboxylic acids is 1. The maximum absolute atomic E-state index is 12.7.